The predicted molar refractivity (Wildman–Crippen MR) is 76.7 cm³/mol. The fourth-order valence-electron chi connectivity index (χ4n) is 2.13. The molecule has 0 radical (unpaired) electrons. The van der Waals surface area contributed by atoms with Crippen molar-refractivity contribution in [1.82, 2.24) is 5.32 Å². The Balaban J connectivity index is 2.66. The zero-order valence-corrected chi connectivity index (χ0v) is 12.2. The summed E-state index contributed by atoms with van der Waals surface area (Å²) < 4.78 is 13.4. The van der Waals surface area contributed by atoms with Crippen LogP contribution in [0.3, 0.4) is 0 Å². The van der Waals surface area contributed by atoms with Gasteiger partial charge in [0.15, 0.2) is 0 Å². The summed E-state index contributed by atoms with van der Waals surface area (Å²) >= 11 is 5.69. The molecule has 0 spiro atoms. The third kappa shape index (κ3) is 4.95. The third-order valence-electron chi connectivity index (χ3n) is 3.34. The first-order valence-electron chi connectivity index (χ1n) is 6.74. The van der Waals surface area contributed by atoms with Crippen LogP contribution in [0.4, 0.5) is 4.39 Å². The van der Waals surface area contributed by atoms with Crippen LogP contribution in [0, 0.1) is 11.7 Å². The lowest BCUT2D eigenvalue weighted by Crippen LogP contribution is -2.32. The van der Waals surface area contributed by atoms with E-state index >= 15 is 0 Å². The Morgan fingerprint density at radius 2 is 2.06 bits per heavy atom. The molecular formula is C15H23ClFN. The second kappa shape index (κ2) is 7.75. The van der Waals surface area contributed by atoms with E-state index in [0.29, 0.717) is 12.0 Å². The molecule has 0 amide bonds. The second-order valence-electron chi connectivity index (χ2n) is 4.96. The average Bonchev–Trinajstić information content (AvgIpc) is 2.34. The van der Waals surface area contributed by atoms with Crippen LogP contribution in [0.25, 0.3) is 0 Å². The van der Waals surface area contributed by atoms with Gasteiger partial charge in [-0.05, 0) is 43.0 Å². The summed E-state index contributed by atoms with van der Waals surface area (Å²) in [5.41, 5.74) is 1.01. The van der Waals surface area contributed by atoms with Crippen molar-refractivity contribution < 1.29 is 4.39 Å². The van der Waals surface area contributed by atoms with Crippen LogP contribution in [-0.2, 0) is 6.42 Å². The van der Waals surface area contributed by atoms with E-state index < -0.39 is 0 Å². The highest BCUT2D eigenvalue weighted by molar-refractivity contribution is 6.30. The Kier molecular flexibility index (Phi) is 6.66. The Morgan fingerprint density at radius 3 is 2.61 bits per heavy atom. The van der Waals surface area contributed by atoms with Crippen LogP contribution in [-0.4, -0.2) is 12.6 Å². The molecule has 0 fully saturated rings. The van der Waals surface area contributed by atoms with Gasteiger partial charge in [-0.25, -0.2) is 4.39 Å². The summed E-state index contributed by atoms with van der Waals surface area (Å²) in [6.07, 6.45) is 3.15. The molecule has 1 aromatic carbocycles. The van der Waals surface area contributed by atoms with E-state index in [1.54, 1.807) is 12.1 Å². The van der Waals surface area contributed by atoms with Gasteiger partial charge in [-0.15, -0.1) is 0 Å². The summed E-state index contributed by atoms with van der Waals surface area (Å²) in [7, 11) is 0. The largest absolute Gasteiger partial charge is 0.314 e. The van der Waals surface area contributed by atoms with Gasteiger partial charge in [-0.2, -0.15) is 0 Å². The number of nitrogens with one attached hydrogen (secondary N) is 1. The molecule has 0 heterocycles. The Hall–Kier alpha value is -0.600. The lowest BCUT2D eigenvalue weighted by atomic mass is 9.94. The lowest BCUT2D eigenvalue weighted by molar-refractivity contribution is 0.397. The van der Waals surface area contributed by atoms with E-state index in [-0.39, 0.29) is 10.8 Å². The maximum atomic E-state index is 13.4. The summed E-state index contributed by atoms with van der Waals surface area (Å²) in [4.78, 5) is 0. The number of likely N-dealkylation sites (N-methyl/N-ethyl adjacent to an activating group) is 1. The summed E-state index contributed by atoms with van der Waals surface area (Å²) in [5.74, 6) is 0.360. The van der Waals surface area contributed by atoms with Gasteiger partial charge in [0.1, 0.15) is 5.82 Å². The summed E-state index contributed by atoms with van der Waals surface area (Å²) in [6.45, 7) is 7.51. The van der Waals surface area contributed by atoms with Crippen molar-refractivity contribution in [2.24, 2.45) is 5.92 Å². The van der Waals surface area contributed by atoms with E-state index in [1.165, 1.54) is 6.42 Å². The van der Waals surface area contributed by atoms with Crippen molar-refractivity contribution in [3.8, 4) is 0 Å². The number of rotatable bonds is 7. The molecule has 102 valence electrons. The van der Waals surface area contributed by atoms with Gasteiger partial charge in [-0.3, -0.25) is 0 Å². The maximum Gasteiger partial charge on any atom is 0.142 e. The fraction of sp³-hybridized carbons (Fsp3) is 0.600. The topological polar surface area (TPSA) is 12.0 Å². The molecule has 1 rings (SSSR count). The Bertz CT molecular complexity index is 368. The highest BCUT2D eigenvalue weighted by Gasteiger charge is 2.13. The van der Waals surface area contributed by atoms with Crippen molar-refractivity contribution in [3.63, 3.8) is 0 Å². The molecule has 3 heteroatoms. The van der Waals surface area contributed by atoms with Gasteiger partial charge >= 0.3 is 0 Å². The molecule has 1 N–H and O–H groups in total. The normalized spacial score (nSPS) is 14.5. The van der Waals surface area contributed by atoms with Gasteiger partial charge < -0.3 is 5.32 Å². The molecule has 2 unspecified atom stereocenters. The monoisotopic (exact) mass is 271 g/mol. The number of hydrogen-bond acceptors (Lipinski definition) is 1. The van der Waals surface area contributed by atoms with Gasteiger partial charge in [0.25, 0.3) is 0 Å². The molecule has 0 aromatic heterocycles. The molecule has 0 saturated carbocycles. The third-order valence-corrected chi connectivity index (χ3v) is 3.65. The molecule has 0 saturated heterocycles. The van der Waals surface area contributed by atoms with Crippen molar-refractivity contribution in [2.75, 3.05) is 6.54 Å². The first-order valence-corrected chi connectivity index (χ1v) is 7.11. The van der Waals surface area contributed by atoms with Gasteiger partial charge in [0, 0.05) is 6.04 Å². The standard InChI is InChI=1S/C15H23ClFN/c1-4-11(3)8-13(18-5-2)9-12-6-7-14(16)15(17)10-12/h6-7,10-11,13,18H,4-5,8-9H2,1-3H3. The lowest BCUT2D eigenvalue weighted by Gasteiger charge is -2.21. The minimum absolute atomic E-state index is 0.195. The molecule has 0 aliphatic heterocycles. The molecule has 1 nitrogen and oxygen atoms in total. The van der Waals surface area contributed by atoms with E-state index in [1.807, 2.05) is 6.07 Å². The molecular weight excluding hydrogens is 249 g/mol. The first kappa shape index (κ1) is 15.5. The molecule has 2 atom stereocenters. The zero-order valence-electron chi connectivity index (χ0n) is 11.5. The van der Waals surface area contributed by atoms with Crippen molar-refractivity contribution in [3.05, 3.63) is 34.6 Å². The van der Waals surface area contributed by atoms with Gasteiger partial charge in [0.2, 0.25) is 0 Å². The zero-order chi connectivity index (χ0) is 13.5. The van der Waals surface area contributed by atoms with Crippen molar-refractivity contribution in [1.29, 1.82) is 0 Å². The first-order chi connectivity index (χ1) is 8.56. The van der Waals surface area contributed by atoms with E-state index in [0.717, 1.165) is 24.9 Å². The maximum absolute atomic E-state index is 13.4. The molecule has 0 bridgehead atoms. The summed E-state index contributed by atoms with van der Waals surface area (Å²) in [6, 6.07) is 5.50. The van der Waals surface area contributed by atoms with Crippen molar-refractivity contribution in [2.45, 2.75) is 46.1 Å². The van der Waals surface area contributed by atoms with Gasteiger partial charge in [-0.1, -0.05) is 44.9 Å². The van der Waals surface area contributed by atoms with Crippen LogP contribution < -0.4 is 5.32 Å². The molecule has 1 aromatic rings. The van der Waals surface area contributed by atoms with Crippen LogP contribution >= 0.6 is 11.6 Å². The highest BCUT2D eigenvalue weighted by Crippen LogP contribution is 2.19. The average molecular weight is 272 g/mol. The number of benzene rings is 1. The van der Waals surface area contributed by atoms with Crippen LogP contribution in [0.15, 0.2) is 18.2 Å². The smallest absolute Gasteiger partial charge is 0.142 e. The minimum atomic E-state index is -0.326. The van der Waals surface area contributed by atoms with E-state index in [9.17, 15) is 4.39 Å². The highest BCUT2D eigenvalue weighted by atomic mass is 35.5. The number of halogens is 2. The van der Waals surface area contributed by atoms with E-state index in [4.69, 9.17) is 11.6 Å². The Labute approximate surface area is 115 Å². The van der Waals surface area contributed by atoms with Gasteiger partial charge in [0.05, 0.1) is 5.02 Å². The summed E-state index contributed by atoms with van der Waals surface area (Å²) in [5, 5.41) is 3.67. The SMILES string of the molecule is CCNC(Cc1ccc(Cl)c(F)c1)CC(C)CC. The predicted octanol–water partition coefficient (Wildman–Crippen LogP) is 4.44. The quantitative estimate of drug-likeness (QED) is 0.773. The molecule has 0 aliphatic rings. The van der Waals surface area contributed by atoms with E-state index in [2.05, 4.69) is 26.1 Å². The van der Waals surface area contributed by atoms with Crippen LogP contribution in [0.5, 0.6) is 0 Å². The van der Waals surface area contributed by atoms with Crippen LogP contribution in [0.1, 0.15) is 39.2 Å². The second-order valence-corrected chi connectivity index (χ2v) is 5.36. The molecule has 18 heavy (non-hydrogen) atoms. The van der Waals surface area contributed by atoms with Crippen molar-refractivity contribution >= 4 is 11.6 Å². The minimum Gasteiger partial charge on any atom is -0.314 e. The molecule has 0 aliphatic carbocycles. The number of hydrogen-bond donors (Lipinski definition) is 1. The Morgan fingerprint density at radius 1 is 1.33 bits per heavy atom. The fourth-order valence-corrected chi connectivity index (χ4v) is 2.25. The van der Waals surface area contributed by atoms with Crippen LogP contribution in [0.2, 0.25) is 5.02 Å².